The minimum atomic E-state index is -0.372. The maximum absolute atomic E-state index is 12.1. The second-order valence-corrected chi connectivity index (χ2v) is 5.80. The Labute approximate surface area is 126 Å². The molecule has 0 saturated carbocycles. The van der Waals surface area contributed by atoms with Gasteiger partial charge in [-0.2, -0.15) is 0 Å². The van der Waals surface area contributed by atoms with Gasteiger partial charge < -0.3 is 15.3 Å². The molecule has 0 spiro atoms. The standard InChI is InChI=1S/C14H17BrN2O3/c1-9(8-18)16-14(20)10-6-13(19)17(7-10)12-5-3-2-4-11(12)15/h2-5,9-10,18H,6-8H2,1H3,(H,16,20). The molecular weight excluding hydrogens is 324 g/mol. The SMILES string of the molecule is CC(CO)NC(=O)C1CC(=O)N(c2ccccc2Br)C1. The number of carbonyl (C=O) groups is 2. The number of rotatable bonds is 4. The zero-order chi connectivity index (χ0) is 14.7. The summed E-state index contributed by atoms with van der Waals surface area (Å²) >= 11 is 3.41. The lowest BCUT2D eigenvalue weighted by molar-refractivity contribution is -0.127. The van der Waals surface area contributed by atoms with Gasteiger partial charge in [-0.3, -0.25) is 9.59 Å². The lowest BCUT2D eigenvalue weighted by Gasteiger charge is -2.19. The van der Waals surface area contributed by atoms with E-state index >= 15 is 0 Å². The topological polar surface area (TPSA) is 69.6 Å². The minimum absolute atomic E-state index is 0.0614. The van der Waals surface area contributed by atoms with Gasteiger partial charge >= 0.3 is 0 Å². The van der Waals surface area contributed by atoms with Crippen molar-refractivity contribution in [3.05, 3.63) is 28.7 Å². The number of hydrogen-bond acceptors (Lipinski definition) is 3. The number of nitrogens with zero attached hydrogens (tertiary/aromatic N) is 1. The Kier molecular flexibility index (Phi) is 4.77. The van der Waals surface area contributed by atoms with E-state index in [1.54, 1.807) is 11.8 Å². The Hall–Kier alpha value is -1.40. The molecule has 1 aliphatic heterocycles. The van der Waals surface area contributed by atoms with Gasteiger partial charge in [-0.25, -0.2) is 0 Å². The maximum atomic E-state index is 12.1. The summed E-state index contributed by atoms with van der Waals surface area (Å²) in [6, 6.07) is 7.15. The summed E-state index contributed by atoms with van der Waals surface area (Å²) in [5.41, 5.74) is 0.781. The van der Waals surface area contributed by atoms with Crippen LogP contribution in [0.2, 0.25) is 0 Å². The molecular formula is C14H17BrN2O3. The first-order valence-corrected chi connectivity index (χ1v) is 7.28. The van der Waals surface area contributed by atoms with E-state index in [1.165, 1.54) is 0 Å². The summed E-state index contributed by atoms with van der Waals surface area (Å²) in [5, 5.41) is 11.6. The monoisotopic (exact) mass is 340 g/mol. The quantitative estimate of drug-likeness (QED) is 0.867. The normalized spacial score (nSPS) is 20.1. The van der Waals surface area contributed by atoms with Crippen molar-refractivity contribution in [3.63, 3.8) is 0 Å². The third-order valence-electron chi connectivity index (χ3n) is 3.30. The van der Waals surface area contributed by atoms with Crippen LogP contribution < -0.4 is 10.2 Å². The lowest BCUT2D eigenvalue weighted by Crippen LogP contribution is -2.40. The zero-order valence-electron chi connectivity index (χ0n) is 11.2. The summed E-state index contributed by atoms with van der Waals surface area (Å²) in [4.78, 5) is 25.7. The van der Waals surface area contributed by atoms with Crippen LogP contribution in [0.25, 0.3) is 0 Å². The highest BCUT2D eigenvalue weighted by Gasteiger charge is 2.35. The summed E-state index contributed by atoms with van der Waals surface area (Å²) in [7, 11) is 0. The largest absolute Gasteiger partial charge is 0.394 e. The summed E-state index contributed by atoms with van der Waals surface area (Å²) in [5.74, 6) is -0.619. The van der Waals surface area contributed by atoms with Gasteiger partial charge in [0.05, 0.1) is 18.2 Å². The van der Waals surface area contributed by atoms with Gasteiger partial charge in [-0.15, -0.1) is 0 Å². The van der Waals surface area contributed by atoms with E-state index < -0.39 is 0 Å². The fraction of sp³-hybridized carbons (Fsp3) is 0.429. The van der Waals surface area contributed by atoms with E-state index in [-0.39, 0.29) is 36.8 Å². The zero-order valence-corrected chi connectivity index (χ0v) is 12.8. The van der Waals surface area contributed by atoms with Crippen LogP contribution in [0.15, 0.2) is 28.7 Å². The number of anilines is 1. The molecule has 0 bridgehead atoms. The van der Waals surface area contributed by atoms with E-state index in [0.717, 1.165) is 10.2 Å². The highest BCUT2D eigenvalue weighted by Crippen LogP contribution is 2.31. The molecule has 0 radical (unpaired) electrons. The van der Waals surface area contributed by atoms with Crippen molar-refractivity contribution in [1.29, 1.82) is 0 Å². The molecule has 2 unspecified atom stereocenters. The molecule has 1 heterocycles. The predicted octanol–water partition coefficient (Wildman–Crippen LogP) is 1.30. The highest BCUT2D eigenvalue weighted by molar-refractivity contribution is 9.10. The number of amides is 2. The fourth-order valence-electron chi connectivity index (χ4n) is 2.19. The number of aliphatic hydroxyl groups is 1. The number of benzene rings is 1. The van der Waals surface area contributed by atoms with Crippen molar-refractivity contribution >= 4 is 33.4 Å². The first-order valence-electron chi connectivity index (χ1n) is 6.49. The van der Waals surface area contributed by atoms with Gasteiger partial charge in [0, 0.05) is 23.5 Å². The van der Waals surface area contributed by atoms with Gasteiger partial charge in [0.15, 0.2) is 0 Å². The molecule has 2 rings (SSSR count). The lowest BCUT2D eigenvalue weighted by atomic mass is 10.1. The average molecular weight is 341 g/mol. The molecule has 1 saturated heterocycles. The Morgan fingerprint density at radius 2 is 2.25 bits per heavy atom. The van der Waals surface area contributed by atoms with Crippen molar-refractivity contribution in [2.75, 3.05) is 18.1 Å². The Balaban J connectivity index is 2.08. The number of halogens is 1. The van der Waals surface area contributed by atoms with Crippen LogP contribution in [0, 0.1) is 5.92 Å². The Bertz CT molecular complexity index is 521. The summed E-state index contributed by atoms with van der Waals surface area (Å²) in [6.07, 6.45) is 0.200. The van der Waals surface area contributed by atoms with Crippen molar-refractivity contribution in [2.45, 2.75) is 19.4 Å². The predicted molar refractivity (Wildman–Crippen MR) is 79.3 cm³/mol. The summed E-state index contributed by atoms with van der Waals surface area (Å²) < 4.78 is 0.832. The van der Waals surface area contributed by atoms with Crippen molar-refractivity contribution < 1.29 is 14.7 Å². The van der Waals surface area contributed by atoms with Crippen LogP contribution in [0.5, 0.6) is 0 Å². The third-order valence-corrected chi connectivity index (χ3v) is 3.97. The van der Waals surface area contributed by atoms with Gasteiger partial charge in [0.2, 0.25) is 11.8 Å². The van der Waals surface area contributed by atoms with Crippen LogP contribution in [0.4, 0.5) is 5.69 Å². The number of carbonyl (C=O) groups excluding carboxylic acids is 2. The van der Waals surface area contributed by atoms with Crippen molar-refractivity contribution in [2.24, 2.45) is 5.92 Å². The maximum Gasteiger partial charge on any atom is 0.227 e. The number of para-hydroxylation sites is 1. The van der Waals surface area contributed by atoms with Crippen LogP contribution >= 0.6 is 15.9 Å². The molecule has 6 heteroatoms. The molecule has 1 fully saturated rings. The molecule has 108 valence electrons. The first-order chi connectivity index (χ1) is 9.52. The van der Waals surface area contributed by atoms with E-state index in [2.05, 4.69) is 21.2 Å². The molecule has 0 aromatic heterocycles. The van der Waals surface area contributed by atoms with E-state index in [1.807, 2.05) is 24.3 Å². The van der Waals surface area contributed by atoms with Gasteiger partial charge in [0.25, 0.3) is 0 Å². The molecule has 1 aliphatic rings. The fourth-order valence-corrected chi connectivity index (χ4v) is 2.69. The minimum Gasteiger partial charge on any atom is -0.394 e. The molecule has 2 amide bonds. The van der Waals surface area contributed by atoms with Crippen LogP contribution in [-0.2, 0) is 9.59 Å². The van der Waals surface area contributed by atoms with Gasteiger partial charge in [0.1, 0.15) is 0 Å². The second-order valence-electron chi connectivity index (χ2n) is 4.95. The van der Waals surface area contributed by atoms with Crippen molar-refractivity contribution in [1.82, 2.24) is 5.32 Å². The smallest absolute Gasteiger partial charge is 0.227 e. The third kappa shape index (κ3) is 3.19. The van der Waals surface area contributed by atoms with Gasteiger partial charge in [-0.05, 0) is 35.0 Å². The molecule has 0 aliphatic carbocycles. The molecule has 5 nitrogen and oxygen atoms in total. The van der Waals surface area contributed by atoms with Crippen molar-refractivity contribution in [3.8, 4) is 0 Å². The van der Waals surface area contributed by atoms with Crippen LogP contribution in [0.1, 0.15) is 13.3 Å². The van der Waals surface area contributed by atoms with Crippen LogP contribution in [-0.4, -0.2) is 36.1 Å². The molecule has 20 heavy (non-hydrogen) atoms. The van der Waals surface area contributed by atoms with E-state index in [4.69, 9.17) is 5.11 Å². The number of hydrogen-bond donors (Lipinski definition) is 2. The Morgan fingerprint density at radius 1 is 1.55 bits per heavy atom. The first kappa shape index (κ1) is 15.0. The van der Waals surface area contributed by atoms with Crippen LogP contribution in [0.3, 0.4) is 0 Å². The van der Waals surface area contributed by atoms with E-state index in [0.29, 0.717) is 6.54 Å². The molecule has 2 atom stereocenters. The number of aliphatic hydroxyl groups excluding tert-OH is 1. The second kappa shape index (κ2) is 6.37. The Morgan fingerprint density at radius 3 is 2.90 bits per heavy atom. The van der Waals surface area contributed by atoms with E-state index in [9.17, 15) is 9.59 Å². The molecule has 1 aromatic carbocycles. The average Bonchev–Trinajstić information content (AvgIpc) is 2.81. The molecule has 1 aromatic rings. The highest BCUT2D eigenvalue weighted by atomic mass is 79.9. The number of nitrogens with one attached hydrogen (secondary N) is 1. The van der Waals surface area contributed by atoms with Gasteiger partial charge in [-0.1, -0.05) is 12.1 Å². The summed E-state index contributed by atoms with van der Waals surface area (Å²) in [6.45, 7) is 1.98. The molecule has 2 N–H and O–H groups in total.